The highest BCUT2D eigenvalue weighted by molar-refractivity contribution is 9.10. The molecule has 0 spiro atoms. The number of pyridine rings is 1. The van der Waals surface area contributed by atoms with Gasteiger partial charge < -0.3 is 4.74 Å². The van der Waals surface area contributed by atoms with Crippen LogP contribution in [0.5, 0.6) is 11.6 Å². The lowest BCUT2D eigenvalue weighted by atomic mass is 10.3. The minimum Gasteiger partial charge on any atom is -0.437 e. The van der Waals surface area contributed by atoms with Crippen LogP contribution in [0.2, 0.25) is 10.0 Å². The minimum atomic E-state index is -0.368. The van der Waals surface area contributed by atoms with Gasteiger partial charge in [0.1, 0.15) is 16.6 Å². The third-order valence-corrected chi connectivity index (χ3v) is 2.96. The van der Waals surface area contributed by atoms with Crippen LogP contribution in [0.4, 0.5) is 4.39 Å². The Bertz CT molecular complexity index is 565. The van der Waals surface area contributed by atoms with E-state index in [9.17, 15) is 4.39 Å². The summed E-state index contributed by atoms with van der Waals surface area (Å²) in [5.74, 6) is 0.275. The predicted molar refractivity (Wildman–Crippen MR) is 68.4 cm³/mol. The topological polar surface area (TPSA) is 22.1 Å². The van der Waals surface area contributed by atoms with Gasteiger partial charge in [-0.15, -0.1) is 0 Å². The normalized spacial score (nSPS) is 10.4. The predicted octanol–water partition coefficient (Wildman–Crippen LogP) is 5.08. The second kappa shape index (κ2) is 5.21. The van der Waals surface area contributed by atoms with Crippen molar-refractivity contribution in [3.8, 4) is 11.6 Å². The van der Waals surface area contributed by atoms with Crippen molar-refractivity contribution in [3.05, 3.63) is 50.8 Å². The molecular weight excluding hydrogens is 332 g/mol. The number of ether oxygens (including phenoxy) is 1. The summed E-state index contributed by atoms with van der Waals surface area (Å²) in [4.78, 5) is 3.93. The Kier molecular flexibility index (Phi) is 3.86. The van der Waals surface area contributed by atoms with Crippen molar-refractivity contribution in [2.45, 2.75) is 0 Å². The first-order valence-electron chi connectivity index (χ1n) is 4.50. The molecule has 0 aliphatic rings. The van der Waals surface area contributed by atoms with E-state index in [2.05, 4.69) is 20.9 Å². The van der Waals surface area contributed by atoms with Gasteiger partial charge in [0.25, 0.3) is 0 Å². The van der Waals surface area contributed by atoms with Gasteiger partial charge in [-0.05, 0) is 40.2 Å². The fraction of sp³-hybridized carbons (Fsp3) is 0. The molecule has 2 nitrogen and oxygen atoms in total. The van der Waals surface area contributed by atoms with Gasteiger partial charge in [0.05, 0.1) is 9.50 Å². The summed E-state index contributed by atoms with van der Waals surface area (Å²) in [5.41, 5.74) is 0. The Morgan fingerprint density at radius 1 is 1.24 bits per heavy atom. The molecule has 1 aromatic heterocycles. The van der Waals surface area contributed by atoms with Crippen LogP contribution in [0.25, 0.3) is 0 Å². The van der Waals surface area contributed by atoms with Crippen molar-refractivity contribution in [1.82, 2.24) is 4.98 Å². The standard InChI is InChI=1S/C11H5BrCl2FNO/c12-8-4-7(1-2-10(8)15)17-11-9(14)3-6(13)5-16-11/h1-5H. The first-order chi connectivity index (χ1) is 8.06. The van der Waals surface area contributed by atoms with Crippen molar-refractivity contribution in [2.24, 2.45) is 0 Å². The SMILES string of the molecule is Fc1ccc(Oc2ncc(Cl)cc2Cl)cc1Br. The highest BCUT2D eigenvalue weighted by Gasteiger charge is 2.07. The monoisotopic (exact) mass is 335 g/mol. The molecule has 0 unspecified atom stereocenters. The summed E-state index contributed by atoms with van der Waals surface area (Å²) < 4.78 is 18.7. The average Bonchev–Trinajstić information content (AvgIpc) is 2.27. The fourth-order valence-corrected chi connectivity index (χ4v) is 1.91. The smallest absolute Gasteiger partial charge is 0.238 e. The molecule has 0 atom stereocenters. The Balaban J connectivity index is 2.28. The number of hydrogen-bond donors (Lipinski definition) is 0. The van der Waals surface area contributed by atoms with Crippen LogP contribution in [0.15, 0.2) is 34.9 Å². The van der Waals surface area contributed by atoms with Gasteiger partial charge in [-0.3, -0.25) is 0 Å². The first-order valence-corrected chi connectivity index (χ1v) is 6.05. The van der Waals surface area contributed by atoms with Gasteiger partial charge in [-0.25, -0.2) is 9.37 Å². The van der Waals surface area contributed by atoms with E-state index in [4.69, 9.17) is 27.9 Å². The number of hydrogen-bond acceptors (Lipinski definition) is 2. The first kappa shape index (κ1) is 12.6. The van der Waals surface area contributed by atoms with Crippen LogP contribution >= 0.6 is 39.1 Å². The lowest BCUT2D eigenvalue weighted by molar-refractivity contribution is 0.461. The average molecular weight is 337 g/mol. The molecule has 0 saturated carbocycles. The summed E-state index contributed by atoms with van der Waals surface area (Å²) in [7, 11) is 0. The van der Waals surface area contributed by atoms with Crippen molar-refractivity contribution in [3.63, 3.8) is 0 Å². The van der Waals surface area contributed by atoms with Crippen LogP contribution in [0.1, 0.15) is 0 Å². The number of benzene rings is 1. The molecule has 2 rings (SSSR count). The van der Waals surface area contributed by atoms with Gasteiger partial charge >= 0.3 is 0 Å². The van der Waals surface area contributed by atoms with E-state index >= 15 is 0 Å². The van der Waals surface area contributed by atoms with E-state index < -0.39 is 0 Å². The van der Waals surface area contributed by atoms with E-state index in [0.29, 0.717) is 15.2 Å². The molecule has 17 heavy (non-hydrogen) atoms. The maximum Gasteiger partial charge on any atom is 0.238 e. The molecule has 0 aliphatic heterocycles. The highest BCUT2D eigenvalue weighted by atomic mass is 79.9. The van der Waals surface area contributed by atoms with E-state index in [-0.39, 0.29) is 16.7 Å². The highest BCUT2D eigenvalue weighted by Crippen LogP contribution is 2.30. The molecule has 0 N–H and O–H groups in total. The summed E-state index contributed by atoms with van der Waals surface area (Å²) in [6.07, 6.45) is 1.42. The molecule has 6 heteroatoms. The van der Waals surface area contributed by atoms with E-state index in [1.54, 1.807) is 0 Å². The summed E-state index contributed by atoms with van der Waals surface area (Å²) in [6.45, 7) is 0. The molecule has 0 saturated heterocycles. The zero-order chi connectivity index (χ0) is 12.4. The molecule has 0 bridgehead atoms. The Morgan fingerprint density at radius 3 is 2.65 bits per heavy atom. The number of aromatic nitrogens is 1. The van der Waals surface area contributed by atoms with Crippen LogP contribution < -0.4 is 4.74 Å². The quantitative estimate of drug-likeness (QED) is 0.762. The Morgan fingerprint density at radius 2 is 2.00 bits per heavy atom. The molecule has 0 amide bonds. The molecule has 0 aliphatic carbocycles. The zero-order valence-electron chi connectivity index (χ0n) is 8.25. The maximum absolute atomic E-state index is 13.0. The Hall–Kier alpha value is -0.840. The van der Waals surface area contributed by atoms with Crippen LogP contribution in [-0.4, -0.2) is 4.98 Å². The number of nitrogens with zero attached hydrogens (tertiary/aromatic N) is 1. The van der Waals surface area contributed by atoms with Gasteiger partial charge in [0.15, 0.2) is 0 Å². The van der Waals surface area contributed by atoms with E-state index in [1.807, 2.05) is 0 Å². The van der Waals surface area contributed by atoms with E-state index in [1.165, 1.54) is 30.5 Å². The van der Waals surface area contributed by atoms with Crippen LogP contribution in [-0.2, 0) is 0 Å². The fourth-order valence-electron chi connectivity index (χ4n) is 1.13. The lowest BCUT2D eigenvalue weighted by Crippen LogP contribution is -1.89. The van der Waals surface area contributed by atoms with Crippen molar-refractivity contribution in [1.29, 1.82) is 0 Å². The van der Waals surface area contributed by atoms with Gasteiger partial charge in [-0.1, -0.05) is 23.2 Å². The number of rotatable bonds is 2. The van der Waals surface area contributed by atoms with Gasteiger partial charge in [0, 0.05) is 6.20 Å². The lowest BCUT2D eigenvalue weighted by Gasteiger charge is -2.07. The van der Waals surface area contributed by atoms with E-state index in [0.717, 1.165) is 0 Å². The minimum absolute atomic E-state index is 0.217. The summed E-state index contributed by atoms with van der Waals surface area (Å²) in [6, 6.07) is 5.77. The molecule has 2 aromatic rings. The Labute approximate surface area is 115 Å². The second-order valence-electron chi connectivity index (χ2n) is 3.12. The third-order valence-electron chi connectivity index (χ3n) is 1.88. The molecule has 88 valence electrons. The zero-order valence-corrected chi connectivity index (χ0v) is 11.4. The van der Waals surface area contributed by atoms with Gasteiger partial charge in [-0.2, -0.15) is 0 Å². The van der Waals surface area contributed by atoms with Crippen molar-refractivity contribution in [2.75, 3.05) is 0 Å². The molecule has 0 radical (unpaired) electrons. The second-order valence-corrected chi connectivity index (χ2v) is 4.82. The van der Waals surface area contributed by atoms with Crippen molar-refractivity contribution < 1.29 is 9.13 Å². The molecule has 1 aromatic carbocycles. The molecular formula is C11H5BrCl2FNO. The summed E-state index contributed by atoms with van der Waals surface area (Å²) in [5, 5.41) is 0.709. The summed E-state index contributed by atoms with van der Waals surface area (Å²) >= 11 is 14.7. The van der Waals surface area contributed by atoms with Gasteiger partial charge in [0.2, 0.25) is 5.88 Å². The molecule has 1 heterocycles. The van der Waals surface area contributed by atoms with Crippen molar-refractivity contribution >= 4 is 39.1 Å². The third kappa shape index (κ3) is 3.09. The largest absolute Gasteiger partial charge is 0.437 e. The maximum atomic E-state index is 13.0. The van der Waals surface area contributed by atoms with Crippen LogP contribution in [0.3, 0.4) is 0 Å². The number of halogens is 4. The molecule has 0 fully saturated rings. The van der Waals surface area contributed by atoms with Crippen LogP contribution in [0, 0.1) is 5.82 Å².